The molecule has 0 radical (unpaired) electrons. The Bertz CT molecular complexity index is 889. The zero-order valence-corrected chi connectivity index (χ0v) is 15.1. The molecule has 0 aromatic carbocycles. The summed E-state index contributed by atoms with van der Waals surface area (Å²) in [6, 6.07) is 17.0. The molecule has 4 aromatic heterocycles. The van der Waals surface area contributed by atoms with Gasteiger partial charge in [-0.05, 0) is 72.1 Å². The Balaban J connectivity index is 1.84. The standard InChI is InChI=1S/C20H16N2S2/c1-13-9-15(19-5-3-7-23-19)11-17(21-13)18-12-16(10-14(2)22-18)20-6-4-8-24-20/h3-12H,1-2H3. The lowest BCUT2D eigenvalue weighted by Crippen LogP contribution is -1.94. The maximum atomic E-state index is 4.72. The largest absolute Gasteiger partial charge is 0.251 e. The van der Waals surface area contributed by atoms with E-state index in [9.17, 15) is 0 Å². The van der Waals surface area contributed by atoms with Gasteiger partial charge in [-0.2, -0.15) is 0 Å². The molecular formula is C20H16N2S2. The van der Waals surface area contributed by atoms with Crippen molar-refractivity contribution >= 4 is 22.7 Å². The molecule has 4 heteroatoms. The average Bonchev–Trinajstić information content (AvgIpc) is 3.27. The number of aromatic nitrogens is 2. The van der Waals surface area contributed by atoms with Crippen LogP contribution >= 0.6 is 22.7 Å². The van der Waals surface area contributed by atoms with E-state index in [0.29, 0.717) is 0 Å². The summed E-state index contributed by atoms with van der Waals surface area (Å²) in [6.45, 7) is 4.08. The highest BCUT2D eigenvalue weighted by Gasteiger charge is 2.10. The highest BCUT2D eigenvalue weighted by molar-refractivity contribution is 7.13. The molecule has 4 rings (SSSR count). The Morgan fingerprint density at radius 3 is 1.50 bits per heavy atom. The van der Waals surface area contributed by atoms with E-state index < -0.39 is 0 Å². The van der Waals surface area contributed by atoms with Gasteiger partial charge in [-0.1, -0.05) is 12.1 Å². The Hall–Kier alpha value is -2.30. The van der Waals surface area contributed by atoms with Crippen LogP contribution < -0.4 is 0 Å². The van der Waals surface area contributed by atoms with Crippen molar-refractivity contribution in [3.8, 4) is 32.3 Å². The number of rotatable bonds is 3. The lowest BCUT2D eigenvalue weighted by molar-refractivity contribution is 1.15. The molecular weight excluding hydrogens is 332 g/mol. The van der Waals surface area contributed by atoms with Crippen LogP contribution in [0.1, 0.15) is 11.4 Å². The van der Waals surface area contributed by atoms with Crippen LogP contribution in [0.2, 0.25) is 0 Å². The summed E-state index contributed by atoms with van der Waals surface area (Å²) in [6.07, 6.45) is 0. The number of aryl methyl sites for hydroxylation is 2. The SMILES string of the molecule is Cc1cc(-c2cccs2)cc(-c2cc(-c3cccs3)cc(C)n2)n1. The van der Waals surface area contributed by atoms with Crippen LogP contribution in [0.3, 0.4) is 0 Å². The van der Waals surface area contributed by atoms with Gasteiger partial charge in [0, 0.05) is 21.1 Å². The summed E-state index contributed by atoms with van der Waals surface area (Å²) in [5, 5.41) is 4.20. The van der Waals surface area contributed by atoms with Gasteiger partial charge in [0.15, 0.2) is 0 Å². The van der Waals surface area contributed by atoms with E-state index >= 15 is 0 Å². The molecule has 0 N–H and O–H groups in total. The zero-order valence-electron chi connectivity index (χ0n) is 13.5. The number of hydrogen-bond donors (Lipinski definition) is 0. The Morgan fingerprint density at radius 1 is 0.667 bits per heavy atom. The summed E-state index contributed by atoms with van der Waals surface area (Å²) >= 11 is 3.49. The van der Waals surface area contributed by atoms with Crippen LogP contribution in [-0.4, -0.2) is 9.97 Å². The van der Waals surface area contributed by atoms with Gasteiger partial charge in [-0.3, -0.25) is 9.97 Å². The molecule has 0 saturated carbocycles. The van der Waals surface area contributed by atoms with E-state index in [1.54, 1.807) is 22.7 Å². The van der Waals surface area contributed by atoms with Crippen LogP contribution in [0.5, 0.6) is 0 Å². The molecule has 0 unspecified atom stereocenters. The third-order valence-electron chi connectivity index (χ3n) is 3.78. The highest BCUT2D eigenvalue weighted by Crippen LogP contribution is 2.31. The minimum absolute atomic E-state index is 0.930. The maximum absolute atomic E-state index is 4.72. The smallest absolute Gasteiger partial charge is 0.0896 e. The predicted molar refractivity (Wildman–Crippen MR) is 104 cm³/mol. The fraction of sp³-hybridized carbons (Fsp3) is 0.100. The van der Waals surface area contributed by atoms with Gasteiger partial charge in [-0.15, -0.1) is 22.7 Å². The van der Waals surface area contributed by atoms with Crippen molar-refractivity contribution in [2.24, 2.45) is 0 Å². The minimum Gasteiger partial charge on any atom is -0.251 e. The maximum Gasteiger partial charge on any atom is 0.0896 e. The second kappa shape index (κ2) is 6.30. The third-order valence-corrected chi connectivity index (χ3v) is 5.62. The topological polar surface area (TPSA) is 25.8 Å². The van der Waals surface area contributed by atoms with Gasteiger partial charge < -0.3 is 0 Å². The first-order chi connectivity index (χ1) is 11.7. The van der Waals surface area contributed by atoms with Gasteiger partial charge in [-0.25, -0.2) is 0 Å². The van der Waals surface area contributed by atoms with Crippen molar-refractivity contribution in [1.82, 2.24) is 9.97 Å². The Kier molecular flexibility index (Phi) is 4.00. The quantitative estimate of drug-likeness (QED) is 0.439. The van der Waals surface area contributed by atoms with Crippen molar-refractivity contribution in [3.63, 3.8) is 0 Å². The Labute approximate surface area is 149 Å². The minimum atomic E-state index is 0.930. The summed E-state index contributed by atoms with van der Waals surface area (Å²) < 4.78 is 0. The number of pyridine rings is 2. The van der Waals surface area contributed by atoms with Crippen molar-refractivity contribution in [2.45, 2.75) is 13.8 Å². The van der Waals surface area contributed by atoms with Gasteiger partial charge in [0.05, 0.1) is 11.4 Å². The van der Waals surface area contributed by atoms with E-state index in [1.807, 2.05) is 13.8 Å². The molecule has 4 aromatic rings. The molecule has 0 atom stereocenters. The first kappa shape index (κ1) is 15.2. The molecule has 2 nitrogen and oxygen atoms in total. The fourth-order valence-electron chi connectivity index (χ4n) is 2.77. The van der Waals surface area contributed by atoms with Gasteiger partial charge >= 0.3 is 0 Å². The van der Waals surface area contributed by atoms with Crippen molar-refractivity contribution in [2.75, 3.05) is 0 Å². The normalized spacial score (nSPS) is 10.9. The number of nitrogens with zero attached hydrogens (tertiary/aromatic N) is 2. The van der Waals surface area contributed by atoms with Gasteiger partial charge in [0.2, 0.25) is 0 Å². The third kappa shape index (κ3) is 3.03. The van der Waals surface area contributed by atoms with Crippen LogP contribution in [0.4, 0.5) is 0 Å². The van der Waals surface area contributed by atoms with E-state index in [-0.39, 0.29) is 0 Å². The molecule has 0 fully saturated rings. The lowest BCUT2D eigenvalue weighted by Gasteiger charge is -2.08. The molecule has 0 saturated heterocycles. The van der Waals surface area contributed by atoms with Crippen molar-refractivity contribution in [3.05, 3.63) is 70.7 Å². The number of thiophene rings is 2. The van der Waals surface area contributed by atoms with Gasteiger partial charge in [0.25, 0.3) is 0 Å². The molecule has 118 valence electrons. The fourth-order valence-corrected chi connectivity index (χ4v) is 4.20. The monoisotopic (exact) mass is 348 g/mol. The molecule has 0 aliphatic rings. The van der Waals surface area contributed by atoms with E-state index in [2.05, 4.69) is 59.3 Å². The van der Waals surface area contributed by atoms with Crippen molar-refractivity contribution in [1.29, 1.82) is 0 Å². The Morgan fingerprint density at radius 2 is 1.12 bits per heavy atom. The summed E-state index contributed by atoms with van der Waals surface area (Å²) in [5.41, 5.74) is 6.29. The van der Waals surface area contributed by atoms with Crippen LogP contribution in [0.15, 0.2) is 59.3 Å². The summed E-state index contributed by atoms with van der Waals surface area (Å²) in [4.78, 5) is 12.0. The van der Waals surface area contributed by atoms with Crippen molar-refractivity contribution < 1.29 is 0 Å². The molecule has 0 amide bonds. The molecule has 0 aliphatic carbocycles. The highest BCUT2D eigenvalue weighted by atomic mass is 32.1. The molecule has 0 bridgehead atoms. The van der Waals surface area contributed by atoms with E-state index in [1.165, 1.54) is 20.9 Å². The van der Waals surface area contributed by atoms with E-state index in [0.717, 1.165) is 22.8 Å². The first-order valence-electron chi connectivity index (χ1n) is 7.74. The zero-order chi connectivity index (χ0) is 16.5. The van der Waals surface area contributed by atoms with Crippen LogP contribution in [0.25, 0.3) is 32.3 Å². The molecule has 0 aliphatic heterocycles. The van der Waals surface area contributed by atoms with Crippen LogP contribution in [-0.2, 0) is 0 Å². The van der Waals surface area contributed by atoms with Gasteiger partial charge in [0.1, 0.15) is 0 Å². The predicted octanol–water partition coefficient (Wildman–Crippen LogP) is 6.22. The second-order valence-corrected chi connectivity index (χ2v) is 7.61. The molecule has 4 heterocycles. The average molecular weight is 348 g/mol. The molecule has 0 spiro atoms. The summed E-state index contributed by atoms with van der Waals surface area (Å²) in [5.74, 6) is 0. The van der Waals surface area contributed by atoms with E-state index in [4.69, 9.17) is 9.97 Å². The second-order valence-electron chi connectivity index (χ2n) is 5.72. The molecule has 24 heavy (non-hydrogen) atoms. The lowest BCUT2D eigenvalue weighted by atomic mass is 10.1. The van der Waals surface area contributed by atoms with Crippen LogP contribution in [0, 0.1) is 13.8 Å². The number of hydrogen-bond acceptors (Lipinski definition) is 4. The summed E-state index contributed by atoms with van der Waals surface area (Å²) in [7, 11) is 0. The first-order valence-corrected chi connectivity index (χ1v) is 9.50.